The van der Waals surface area contributed by atoms with Crippen molar-refractivity contribution in [2.75, 3.05) is 27.2 Å². The zero-order chi connectivity index (χ0) is 46.9. The molecule has 0 saturated carbocycles. The first-order valence-corrected chi connectivity index (χ1v) is 23.9. The monoisotopic (exact) mass is 905 g/mol. The number of carbonyl (C=O) groups is 6. The summed E-state index contributed by atoms with van der Waals surface area (Å²) in [7, 11) is 3.33. The second-order valence-corrected chi connectivity index (χ2v) is 18.4. The first-order valence-electron chi connectivity index (χ1n) is 23.9. The number of hydrogen-bond donors (Lipinski definition) is 6. The summed E-state index contributed by atoms with van der Waals surface area (Å²) in [5.74, 6) is -1.89. The number of rotatable bonds is 17. The van der Waals surface area contributed by atoms with Crippen molar-refractivity contribution in [3.63, 3.8) is 0 Å². The lowest BCUT2D eigenvalue weighted by atomic mass is 9.87. The standard InChI is InChI=1S/C51H68N8O7/c1-31(52-4)46(60)56-44(50(64)58-28-12-22-42(58)48(62)54-40-20-10-16-35-14-6-8-18-38(35)40)33(3)66-30-34-24-26-37(27-25-34)45(57-47(61)32(2)53-5)51(65)59-29-13-23-43(59)49(63)55-41-21-11-17-36-15-7-9-19-39(36)41/h6-9,14-15,18-19,24-27,31-33,40-45,52-53H,10-13,16-17,20-23,28-30H2,1-5H3,(H,54,62)(H,55,63)(H,56,60)(H,57,61)/t31-,32-,33+,40+,41?,42-,43-,44-,45-/m0/s1. The van der Waals surface area contributed by atoms with Gasteiger partial charge in [0.15, 0.2) is 0 Å². The van der Waals surface area contributed by atoms with Crippen LogP contribution in [0.4, 0.5) is 0 Å². The Morgan fingerprint density at radius 3 is 1.61 bits per heavy atom. The second-order valence-electron chi connectivity index (χ2n) is 18.4. The maximum absolute atomic E-state index is 14.5. The van der Waals surface area contributed by atoms with Crippen LogP contribution in [0.25, 0.3) is 0 Å². The molecule has 66 heavy (non-hydrogen) atoms. The Labute approximate surface area is 388 Å². The summed E-state index contributed by atoms with van der Waals surface area (Å²) in [5, 5.41) is 18.2. The minimum absolute atomic E-state index is 0.0636. The van der Waals surface area contributed by atoms with Gasteiger partial charge in [0, 0.05) is 13.1 Å². The largest absolute Gasteiger partial charge is 0.371 e. The molecule has 9 atom stereocenters. The summed E-state index contributed by atoms with van der Waals surface area (Å²) in [6, 6.07) is 18.5. The molecule has 4 aliphatic rings. The van der Waals surface area contributed by atoms with Gasteiger partial charge in [-0.3, -0.25) is 28.8 Å². The maximum Gasteiger partial charge on any atom is 0.250 e. The van der Waals surface area contributed by atoms with Gasteiger partial charge in [0.25, 0.3) is 0 Å². The lowest BCUT2D eigenvalue weighted by Crippen LogP contribution is -2.59. The third kappa shape index (κ3) is 11.1. The van der Waals surface area contributed by atoms with E-state index in [4.69, 9.17) is 4.74 Å². The molecule has 2 fully saturated rings. The SMILES string of the molecule is CN[C@@H](C)C(=O)N[C@H](C(=O)N1CCC[C@H]1C(=O)NC1CCCc2ccccc21)c1ccc(CO[C@H](C)[C@H](NC(=O)[C@H](C)NC)C(=O)N2CCC[C@H]2C(=O)N[C@@H]2CCCc3ccccc32)cc1. The van der Waals surface area contributed by atoms with Gasteiger partial charge in [0.1, 0.15) is 24.2 Å². The predicted octanol–water partition coefficient (Wildman–Crippen LogP) is 3.82. The quantitative estimate of drug-likeness (QED) is 0.117. The van der Waals surface area contributed by atoms with Gasteiger partial charge in [-0.2, -0.15) is 0 Å². The Bertz CT molecular complexity index is 2220. The number of likely N-dealkylation sites (tertiary alicyclic amines) is 2. The summed E-state index contributed by atoms with van der Waals surface area (Å²) in [6.45, 7) is 5.97. The molecule has 0 radical (unpaired) electrons. The van der Waals surface area contributed by atoms with Crippen LogP contribution in [0, 0.1) is 0 Å². The van der Waals surface area contributed by atoms with Crippen LogP contribution in [0.15, 0.2) is 72.8 Å². The normalized spacial score (nSPS) is 22.4. The van der Waals surface area contributed by atoms with Gasteiger partial charge in [-0.05, 0) is 132 Å². The van der Waals surface area contributed by atoms with E-state index in [9.17, 15) is 28.8 Å². The fourth-order valence-electron chi connectivity index (χ4n) is 9.90. The molecule has 2 saturated heterocycles. The molecule has 2 aliphatic carbocycles. The van der Waals surface area contributed by atoms with Crippen LogP contribution in [0.5, 0.6) is 0 Å². The van der Waals surface area contributed by atoms with Crippen molar-refractivity contribution in [3.8, 4) is 0 Å². The van der Waals surface area contributed by atoms with Gasteiger partial charge in [0.05, 0.1) is 36.9 Å². The molecular formula is C51H68N8O7. The average molecular weight is 905 g/mol. The van der Waals surface area contributed by atoms with E-state index in [1.165, 1.54) is 11.1 Å². The number of nitrogens with one attached hydrogen (secondary N) is 6. The van der Waals surface area contributed by atoms with Gasteiger partial charge in [-0.25, -0.2) is 0 Å². The zero-order valence-corrected chi connectivity index (χ0v) is 39.1. The highest BCUT2D eigenvalue weighted by atomic mass is 16.5. The minimum Gasteiger partial charge on any atom is -0.371 e. The second kappa shape index (κ2) is 22.2. The molecule has 3 aromatic carbocycles. The molecule has 7 rings (SSSR count). The van der Waals surface area contributed by atoms with Crippen LogP contribution in [-0.2, 0) is 53.0 Å². The molecule has 3 aromatic rings. The number of likely N-dealkylation sites (N-methyl/N-ethyl adjacent to an activating group) is 2. The topological polar surface area (TPSA) is 190 Å². The van der Waals surface area contributed by atoms with Gasteiger partial charge in [-0.15, -0.1) is 0 Å². The summed E-state index contributed by atoms with van der Waals surface area (Å²) in [4.78, 5) is 86.5. The third-order valence-corrected chi connectivity index (χ3v) is 14.1. The van der Waals surface area contributed by atoms with Crippen molar-refractivity contribution < 1.29 is 33.5 Å². The summed E-state index contributed by atoms with van der Waals surface area (Å²) >= 11 is 0. The molecular weight excluding hydrogens is 837 g/mol. The van der Waals surface area contributed by atoms with E-state index < -0.39 is 42.4 Å². The molecule has 0 bridgehead atoms. The predicted molar refractivity (Wildman–Crippen MR) is 251 cm³/mol. The van der Waals surface area contributed by atoms with Crippen molar-refractivity contribution in [2.45, 2.75) is 146 Å². The number of nitrogens with zero attached hydrogens (tertiary/aromatic N) is 2. The molecule has 6 amide bonds. The van der Waals surface area contributed by atoms with E-state index in [1.807, 2.05) is 24.3 Å². The summed E-state index contributed by atoms with van der Waals surface area (Å²) < 4.78 is 6.33. The fraction of sp³-hybridized carbons (Fsp3) is 0.529. The van der Waals surface area contributed by atoms with E-state index in [0.717, 1.165) is 55.2 Å². The highest BCUT2D eigenvalue weighted by molar-refractivity contribution is 5.95. The van der Waals surface area contributed by atoms with Gasteiger partial charge < -0.3 is 46.4 Å². The number of hydrogen-bond acceptors (Lipinski definition) is 9. The highest BCUT2D eigenvalue weighted by Crippen LogP contribution is 2.33. The lowest BCUT2D eigenvalue weighted by Gasteiger charge is -2.33. The van der Waals surface area contributed by atoms with E-state index in [2.05, 4.69) is 56.2 Å². The van der Waals surface area contributed by atoms with E-state index >= 15 is 0 Å². The number of amides is 6. The van der Waals surface area contributed by atoms with Gasteiger partial charge in [0.2, 0.25) is 35.4 Å². The molecule has 1 unspecified atom stereocenters. The first-order chi connectivity index (χ1) is 31.9. The number of benzene rings is 3. The summed E-state index contributed by atoms with van der Waals surface area (Å²) in [6.07, 6.45) is 7.07. The highest BCUT2D eigenvalue weighted by Gasteiger charge is 2.42. The van der Waals surface area contributed by atoms with Crippen molar-refractivity contribution in [3.05, 3.63) is 106 Å². The number of ether oxygens (including phenoxy) is 1. The van der Waals surface area contributed by atoms with Crippen LogP contribution < -0.4 is 31.9 Å². The maximum atomic E-state index is 14.5. The molecule has 6 N–H and O–H groups in total. The molecule has 2 heterocycles. The number of fused-ring (bicyclic) bond motifs is 2. The fourth-order valence-corrected chi connectivity index (χ4v) is 9.90. The molecule has 0 spiro atoms. The van der Waals surface area contributed by atoms with Gasteiger partial charge in [-0.1, -0.05) is 72.8 Å². The molecule has 15 nitrogen and oxygen atoms in total. The Morgan fingerprint density at radius 1 is 0.606 bits per heavy atom. The smallest absolute Gasteiger partial charge is 0.250 e. The third-order valence-electron chi connectivity index (χ3n) is 14.1. The molecule has 15 heteroatoms. The first kappa shape index (κ1) is 48.3. The van der Waals surface area contributed by atoms with Crippen LogP contribution in [-0.4, -0.2) is 109 Å². The number of aryl methyl sites for hydroxylation is 2. The van der Waals surface area contributed by atoms with Crippen molar-refractivity contribution in [1.82, 2.24) is 41.7 Å². The minimum atomic E-state index is -1.08. The summed E-state index contributed by atoms with van der Waals surface area (Å²) in [5.41, 5.74) is 5.96. The van der Waals surface area contributed by atoms with E-state index in [0.29, 0.717) is 44.3 Å². The average Bonchev–Trinajstić information content (AvgIpc) is 4.05. The van der Waals surface area contributed by atoms with Gasteiger partial charge >= 0.3 is 0 Å². The lowest BCUT2D eigenvalue weighted by molar-refractivity contribution is -0.145. The van der Waals surface area contributed by atoms with E-state index in [-0.39, 0.29) is 54.1 Å². The van der Waals surface area contributed by atoms with Crippen LogP contribution in [0.3, 0.4) is 0 Å². The Hall–Kier alpha value is -5.64. The molecule has 2 aliphatic heterocycles. The number of carbonyl (C=O) groups excluding carboxylic acids is 6. The Morgan fingerprint density at radius 2 is 1.09 bits per heavy atom. The van der Waals surface area contributed by atoms with Crippen LogP contribution >= 0.6 is 0 Å². The molecule has 0 aromatic heterocycles. The van der Waals surface area contributed by atoms with E-state index in [1.54, 1.807) is 68.9 Å². The van der Waals surface area contributed by atoms with Crippen molar-refractivity contribution >= 4 is 35.4 Å². The Balaban J connectivity index is 1.03. The Kier molecular flexibility index (Phi) is 16.3. The van der Waals surface area contributed by atoms with Crippen LogP contribution in [0.1, 0.15) is 124 Å². The molecule has 354 valence electrons. The van der Waals surface area contributed by atoms with Crippen molar-refractivity contribution in [2.24, 2.45) is 0 Å². The zero-order valence-electron chi connectivity index (χ0n) is 39.1. The van der Waals surface area contributed by atoms with Crippen LogP contribution in [0.2, 0.25) is 0 Å². The van der Waals surface area contributed by atoms with Crippen molar-refractivity contribution in [1.29, 1.82) is 0 Å².